The van der Waals surface area contributed by atoms with Crippen molar-refractivity contribution >= 4 is 17.3 Å². The Morgan fingerprint density at radius 3 is 2.59 bits per heavy atom. The molecule has 2 N–H and O–H groups in total. The van der Waals surface area contributed by atoms with Crippen LogP contribution in [0.5, 0.6) is 0 Å². The first kappa shape index (κ1) is 16.1. The zero-order chi connectivity index (χ0) is 15.8. The predicted octanol–water partition coefficient (Wildman–Crippen LogP) is 4.39. The number of carbonyl (C=O) groups is 1. The van der Waals surface area contributed by atoms with Crippen LogP contribution in [0.15, 0.2) is 48.5 Å². The summed E-state index contributed by atoms with van der Waals surface area (Å²) in [5, 5.41) is 6.36. The molecule has 0 spiro atoms. The van der Waals surface area contributed by atoms with Gasteiger partial charge in [-0.2, -0.15) is 0 Å². The summed E-state index contributed by atoms with van der Waals surface area (Å²) >= 11 is 0. The number of aryl methyl sites for hydroxylation is 2. The molecule has 0 saturated heterocycles. The SMILES string of the molecule is CCC(=O)Nc1ccc(C)c(NCCCc2ccccc2)c1. The topological polar surface area (TPSA) is 41.1 Å². The number of benzene rings is 2. The summed E-state index contributed by atoms with van der Waals surface area (Å²) in [5.74, 6) is 0.0406. The number of amides is 1. The molecular weight excluding hydrogens is 272 g/mol. The molecule has 1 amide bonds. The van der Waals surface area contributed by atoms with E-state index in [-0.39, 0.29) is 5.91 Å². The van der Waals surface area contributed by atoms with Gasteiger partial charge in [-0.15, -0.1) is 0 Å². The van der Waals surface area contributed by atoms with Crippen molar-refractivity contribution in [2.75, 3.05) is 17.2 Å². The third kappa shape index (κ3) is 4.92. The minimum atomic E-state index is 0.0406. The summed E-state index contributed by atoms with van der Waals surface area (Å²) in [6.07, 6.45) is 2.64. The average molecular weight is 296 g/mol. The Morgan fingerprint density at radius 2 is 1.86 bits per heavy atom. The smallest absolute Gasteiger partial charge is 0.224 e. The Morgan fingerprint density at radius 1 is 1.09 bits per heavy atom. The zero-order valence-electron chi connectivity index (χ0n) is 13.4. The molecule has 0 radical (unpaired) electrons. The van der Waals surface area contributed by atoms with Crippen LogP contribution in [0.2, 0.25) is 0 Å². The average Bonchev–Trinajstić information content (AvgIpc) is 2.55. The van der Waals surface area contributed by atoms with Crippen LogP contribution in [0.25, 0.3) is 0 Å². The molecule has 3 heteroatoms. The minimum absolute atomic E-state index is 0.0406. The van der Waals surface area contributed by atoms with Crippen molar-refractivity contribution < 1.29 is 4.79 Å². The molecule has 2 aromatic carbocycles. The Kier molecular flexibility index (Phi) is 6.01. The number of nitrogens with one attached hydrogen (secondary N) is 2. The van der Waals surface area contributed by atoms with E-state index in [4.69, 9.17) is 0 Å². The molecule has 0 saturated carbocycles. The van der Waals surface area contributed by atoms with Crippen molar-refractivity contribution in [2.45, 2.75) is 33.1 Å². The van der Waals surface area contributed by atoms with E-state index in [2.05, 4.69) is 41.8 Å². The third-order valence-electron chi connectivity index (χ3n) is 3.64. The van der Waals surface area contributed by atoms with Crippen LogP contribution in [-0.2, 0) is 11.2 Å². The highest BCUT2D eigenvalue weighted by Crippen LogP contribution is 2.20. The van der Waals surface area contributed by atoms with E-state index in [0.717, 1.165) is 30.8 Å². The maximum absolute atomic E-state index is 11.5. The number of carbonyl (C=O) groups excluding carboxylic acids is 1. The number of hydrogen-bond donors (Lipinski definition) is 2. The summed E-state index contributed by atoms with van der Waals surface area (Å²) in [6, 6.07) is 16.5. The minimum Gasteiger partial charge on any atom is -0.385 e. The van der Waals surface area contributed by atoms with Crippen LogP contribution >= 0.6 is 0 Å². The van der Waals surface area contributed by atoms with E-state index < -0.39 is 0 Å². The molecule has 2 aromatic rings. The van der Waals surface area contributed by atoms with Crippen molar-refractivity contribution in [1.82, 2.24) is 0 Å². The van der Waals surface area contributed by atoms with Gasteiger partial charge in [0.25, 0.3) is 0 Å². The maximum atomic E-state index is 11.5. The lowest BCUT2D eigenvalue weighted by molar-refractivity contribution is -0.115. The van der Waals surface area contributed by atoms with Gasteiger partial charge in [-0.25, -0.2) is 0 Å². The second kappa shape index (κ2) is 8.23. The molecule has 0 heterocycles. The van der Waals surface area contributed by atoms with Crippen molar-refractivity contribution in [3.63, 3.8) is 0 Å². The molecule has 0 aromatic heterocycles. The van der Waals surface area contributed by atoms with Crippen LogP contribution in [0.1, 0.15) is 30.9 Å². The molecule has 22 heavy (non-hydrogen) atoms. The summed E-state index contributed by atoms with van der Waals surface area (Å²) < 4.78 is 0. The van der Waals surface area contributed by atoms with Crippen LogP contribution in [-0.4, -0.2) is 12.5 Å². The number of rotatable bonds is 7. The van der Waals surface area contributed by atoms with E-state index in [1.165, 1.54) is 11.1 Å². The van der Waals surface area contributed by atoms with Crippen molar-refractivity contribution in [3.8, 4) is 0 Å². The van der Waals surface area contributed by atoms with Crippen molar-refractivity contribution in [1.29, 1.82) is 0 Å². The first-order valence-electron chi connectivity index (χ1n) is 7.87. The Hall–Kier alpha value is -2.29. The molecule has 0 atom stereocenters. The van der Waals surface area contributed by atoms with E-state index in [0.29, 0.717) is 6.42 Å². The second-order valence-electron chi connectivity index (χ2n) is 5.45. The molecule has 0 unspecified atom stereocenters. The van der Waals surface area contributed by atoms with Crippen molar-refractivity contribution in [3.05, 3.63) is 59.7 Å². The molecular formula is C19H24N2O. The number of anilines is 2. The van der Waals surface area contributed by atoms with E-state index in [9.17, 15) is 4.79 Å². The summed E-state index contributed by atoms with van der Waals surface area (Å²) in [5.41, 5.74) is 4.49. The normalized spacial score (nSPS) is 10.3. The lowest BCUT2D eigenvalue weighted by Crippen LogP contribution is -2.10. The van der Waals surface area contributed by atoms with E-state index in [1.807, 2.05) is 31.2 Å². The van der Waals surface area contributed by atoms with Gasteiger partial charge in [-0.1, -0.05) is 43.3 Å². The third-order valence-corrected chi connectivity index (χ3v) is 3.64. The van der Waals surface area contributed by atoms with Crippen LogP contribution in [0.3, 0.4) is 0 Å². The molecule has 116 valence electrons. The van der Waals surface area contributed by atoms with E-state index >= 15 is 0 Å². The second-order valence-corrected chi connectivity index (χ2v) is 5.45. The maximum Gasteiger partial charge on any atom is 0.224 e. The fourth-order valence-corrected chi connectivity index (χ4v) is 2.30. The van der Waals surface area contributed by atoms with Gasteiger partial charge in [0.15, 0.2) is 0 Å². The van der Waals surface area contributed by atoms with Crippen LogP contribution in [0, 0.1) is 6.92 Å². The van der Waals surface area contributed by atoms with Crippen molar-refractivity contribution in [2.24, 2.45) is 0 Å². The van der Waals surface area contributed by atoms with Gasteiger partial charge in [-0.05, 0) is 43.0 Å². The largest absolute Gasteiger partial charge is 0.385 e. The molecule has 3 nitrogen and oxygen atoms in total. The fourth-order valence-electron chi connectivity index (χ4n) is 2.30. The quantitative estimate of drug-likeness (QED) is 0.744. The van der Waals surface area contributed by atoms with Crippen LogP contribution in [0.4, 0.5) is 11.4 Å². The van der Waals surface area contributed by atoms with Gasteiger partial charge in [0.2, 0.25) is 5.91 Å². The predicted molar refractivity (Wildman–Crippen MR) is 93.4 cm³/mol. The number of hydrogen-bond acceptors (Lipinski definition) is 2. The molecule has 0 aliphatic carbocycles. The molecule has 0 bridgehead atoms. The van der Waals surface area contributed by atoms with Crippen LogP contribution < -0.4 is 10.6 Å². The summed E-state index contributed by atoms with van der Waals surface area (Å²) in [4.78, 5) is 11.5. The van der Waals surface area contributed by atoms with Gasteiger partial charge >= 0.3 is 0 Å². The lowest BCUT2D eigenvalue weighted by Gasteiger charge is -2.12. The lowest BCUT2D eigenvalue weighted by atomic mass is 10.1. The van der Waals surface area contributed by atoms with Gasteiger partial charge in [0, 0.05) is 24.3 Å². The van der Waals surface area contributed by atoms with Gasteiger partial charge in [0.05, 0.1) is 0 Å². The fraction of sp³-hybridized carbons (Fsp3) is 0.316. The Labute approximate surface area is 132 Å². The highest BCUT2D eigenvalue weighted by Gasteiger charge is 2.03. The summed E-state index contributed by atoms with van der Waals surface area (Å²) in [7, 11) is 0. The van der Waals surface area contributed by atoms with E-state index in [1.54, 1.807) is 0 Å². The highest BCUT2D eigenvalue weighted by atomic mass is 16.1. The van der Waals surface area contributed by atoms with Gasteiger partial charge < -0.3 is 10.6 Å². The monoisotopic (exact) mass is 296 g/mol. The first-order valence-corrected chi connectivity index (χ1v) is 7.87. The zero-order valence-corrected chi connectivity index (χ0v) is 13.4. The summed E-state index contributed by atoms with van der Waals surface area (Å²) in [6.45, 7) is 4.85. The Balaban J connectivity index is 1.86. The Bertz CT molecular complexity index is 608. The molecule has 0 aliphatic rings. The van der Waals surface area contributed by atoms with Gasteiger partial charge in [0.1, 0.15) is 0 Å². The van der Waals surface area contributed by atoms with Gasteiger partial charge in [-0.3, -0.25) is 4.79 Å². The molecule has 2 rings (SSSR count). The standard InChI is InChI=1S/C19H24N2O/c1-3-19(22)21-17-12-11-15(2)18(14-17)20-13-7-10-16-8-5-4-6-9-16/h4-6,8-9,11-12,14,20H,3,7,10,13H2,1-2H3,(H,21,22). The highest BCUT2D eigenvalue weighted by molar-refractivity contribution is 5.91. The molecule has 0 fully saturated rings. The first-order chi connectivity index (χ1) is 10.7. The molecule has 0 aliphatic heterocycles.